The number of aromatic nitrogens is 1. The Labute approximate surface area is 155 Å². The monoisotopic (exact) mass is 350 g/mol. The first-order valence-electron chi connectivity index (χ1n) is 9.00. The molecule has 0 aliphatic carbocycles. The van der Waals surface area contributed by atoms with Crippen LogP contribution >= 0.6 is 0 Å². The summed E-state index contributed by atoms with van der Waals surface area (Å²) in [5.74, 6) is 1.54. The summed E-state index contributed by atoms with van der Waals surface area (Å²) in [5.41, 5.74) is 10.0. The average Bonchev–Trinajstić information content (AvgIpc) is 3.12. The highest BCUT2D eigenvalue weighted by atomic mass is 15.2. The zero-order valence-corrected chi connectivity index (χ0v) is 15.4. The number of nitrogens with zero attached hydrogens (tertiary/aromatic N) is 4. The van der Waals surface area contributed by atoms with E-state index in [0.717, 1.165) is 48.1 Å². The molecule has 1 saturated heterocycles. The Morgan fingerprint density at radius 1 is 1.58 bits per heavy atom. The second-order valence-corrected chi connectivity index (χ2v) is 6.82. The van der Waals surface area contributed by atoms with Crippen molar-refractivity contribution >= 4 is 17.7 Å². The number of aromatic amines is 1. The summed E-state index contributed by atoms with van der Waals surface area (Å²) in [6.45, 7) is 10.2. The lowest BCUT2D eigenvalue weighted by Gasteiger charge is -2.43. The summed E-state index contributed by atoms with van der Waals surface area (Å²) in [7, 11) is 0. The molecule has 136 valence electrons. The van der Waals surface area contributed by atoms with Gasteiger partial charge < -0.3 is 20.5 Å². The van der Waals surface area contributed by atoms with E-state index in [2.05, 4.69) is 39.3 Å². The normalized spacial score (nSPS) is 23.8. The standard InChI is InChI=1S/C20H26N6/c1-4-16(5-8-21)25-10-7-14(2)17(13-25)19(11-22)26-15(3)12-24-20-18(26)6-9-23-20/h4,6,9,11-12,14,17,23H,3,5,7,10,13,22H2,1-2H3/b16-4?,19-11-/t14-,17+/m1/s1. The zero-order chi connectivity index (χ0) is 18.7. The average molecular weight is 350 g/mol. The van der Waals surface area contributed by atoms with Crippen LogP contribution in [0, 0.1) is 23.2 Å². The number of fused-ring (bicyclic) bond motifs is 1. The van der Waals surface area contributed by atoms with E-state index in [9.17, 15) is 0 Å². The van der Waals surface area contributed by atoms with Crippen molar-refractivity contribution < 1.29 is 0 Å². The van der Waals surface area contributed by atoms with Gasteiger partial charge in [-0.2, -0.15) is 5.26 Å². The fourth-order valence-corrected chi connectivity index (χ4v) is 3.85. The maximum atomic E-state index is 9.11. The predicted molar refractivity (Wildman–Crippen MR) is 106 cm³/mol. The van der Waals surface area contributed by atoms with Crippen LogP contribution in [0.2, 0.25) is 0 Å². The minimum Gasteiger partial charge on any atom is -0.403 e. The molecule has 3 rings (SSSR count). The van der Waals surface area contributed by atoms with Gasteiger partial charge in [0.05, 0.1) is 30.1 Å². The maximum Gasteiger partial charge on any atom is 0.154 e. The van der Waals surface area contributed by atoms with E-state index in [4.69, 9.17) is 11.0 Å². The summed E-state index contributed by atoms with van der Waals surface area (Å²) in [4.78, 5) is 12.0. The van der Waals surface area contributed by atoms with Crippen molar-refractivity contribution in [1.82, 2.24) is 9.88 Å². The van der Waals surface area contributed by atoms with Gasteiger partial charge in [-0.1, -0.05) is 19.6 Å². The topological polar surface area (TPSA) is 84.4 Å². The van der Waals surface area contributed by atoms with E-state index < -0.39 is 0 Å². The third kappa shape index (κ3) is 3.13. The molecule has 0 radical (unpaired) electrons. The summed E-state index contributed by atoms with van der Waals surface area (Å²) >= 11 is 0. The molecule has 1 aromatic heterocycles. The van der Waals surface area contributed by atoms with Crippen molar-refractivity contribution in [2.45, 2.75) is 26.7 Å². The number of hydrogen-bond donors (Lipinski definition) is 2. The fraction of sp³-hybridized carbons (Fsp3) is 0.400. The van der Waals surface area contributed by atoms with Crippen LogP contribution in [0.25, 0.3) is 0 Å². The lowest BCUT2D eigenvalue weighted by atomic mass is 9.83. The van der Waals surface area contributed by atoms with Crippen LogP contribution in [-0.4, -0.2) is 29.2 Å². The van der Waals surface area contributed by atoms with E-state index in [-0.39, 0.29) is 5.92 Å². The summed E-state index contributed by atoms with van der Waals surface area (Å²) in [6, 6.07) is 4.27. The number of anilines is 1. The van der Waals surface area contributed by atoms with Gasteiger partial charge in [0.25, 0.3) is 0 Å². The fourth-order valence-electron chi connectivity index (χ4n) is 3.85. The van der Waals surface area contributed by atoms with Crippen molar-refractivity contribution in [3.8, 4) is 6.07 Å². The summed E-state index contributed by atoms with van der Waals surface area (Å²) in [5, 5.41) is 9.11. The highest BCUT2D eigenvalue weighted by Crippen LogP contribution is 2.40. The summed E-state index contributed by atoms with van der Waals surface area (Å²) in [6.07, 6.45) is 8.87. The first-order valence-corrected chi connectivity index (χ1v) is 9.00. The number of allylic oxidation sites excluding steroid dienone is 3. The molecule has 0 unspecified atom stereocenters. The number of aliphatic imine (C=N–C) groups is 1. The van der Waals surface area contributed by atoms with Crippen molar-refractivity contribution in [3.63, 3.8) is 0 Å². The van der Waals surface area contributed by atoms with Gasteiger partial charge in [0.15, 0.2) is 5.82 Å². The molecule has 2 aliphatic rings. The SMILES string of the molecule is C=C1C=Nc2[nH]ccc2N1/C(=C\N)[C@H]1CN(C(=CC)CC#N)CC[C@H]1C. The highest BCUT2D eigenvalue weighted by Gasteiger charge is 2.34. The third-order valence-electron chi connectivity index (χ3n) is 5.34. The quantitative estimate of drug-likeness (QED) is 0.868. The number of nitrogens with one attached hydrogen (secondary N) is 1. The summed E-state index contributed by atoms with van der Waals surface area (Å²) < 4.78 is 0. The van der Waals surface area contributed by atoms with Gasteiger partial charge in [-0.15, -0.1) is 0 Å². The Morgan fingerprint density at radius 2 is 2.38 bits per heavy atom. The Kier molecular flexibility index (Phi) is 5.17. The van der Waals surface area contributed by atoms with E-state index in [0.29, 0.717) is 12.3 Å². The third-order valence-corrected chi connectivity index (χ3v) is 5.34. The molecule has 1 aromatic rings. The Hall–Kier alpha value is -2.94. The van der Waals surface area contributed by atoms with Gasteiger partial charge in [0.1, 0.15) is 0 Å². The van der Waals surface area contributed by atoms with Crippen molar-refractivity contribution in [3.05, 3.63) is 48.2 Å². The molecule has 0 amide bonds. The van der Waals surface area contributed by atoms with Crippen molar-refractivity contribution in [2.24, 2.45) is 22.6 Å². The van der Waals surface area contributed by atoms with Crippen LogP contribution in [0.15, 0.2) is 53.2 Å². The molecule has 0 aromatic carbocycles. The molecule has 0 spiro atoms. The first-order chi connectivity index (χ1) is 12.6. The lowest BCUT2D eigenvalue weighted by molar-refractivity contribution is 0.179. The van der Waals surface area contributed by atoms with Gasteiger partial charge in [-0.05, 0) is 25.3 Å². The first kappa shape index (κ1) is 17.9. The molecule has 3 N–H and O–H groups in total. The number of nitrogens with two attached hydrogens (primary N) is 1. The zero-order valence-electron chi connectivity index (χ0n) is 15.4. The minimum atomic E-state index is 0.244. The maximum absolute atomic E-state index is 9.11. The number of rotatable bonds is 4. The van der Waals surface area contributed by atoms with E-state index in [1.165, 1.54) is 0 Å². The lowest BCUT2D eigenvalue weighted by Crippen LogP contribution is -2.43. The van der Waals surface area contributed by atoms with Gasteiger partial charge in [-0.25, -0.2) is 4.99 Å². The van der Waals surface area contributed by atoms with Crippen molar-refractivity contribution in [2.75, 3.05) is 18.0 Å². The molecular formula is C20H26N6. The van der Waals surface area contributed by atoms with Crippen LogP contribution in [0.4, 0.5) is 11.5 Å². The number of H-pyrrole nitrogens is 1. The van der Waals surface area contributed by atoms with E-state index in [1.807, 2.05) is 25.3 Å². The Morgan fingerprint density at radius 3 is 3.08 bits per heavy atom. The van der Waals surface area contributed by atoms with Crippen LogP contribution in [-0.2, 0) is 0 Å². The highest BCUT2D eigenvalue weighted by molar-refractivity contribution is 5.93. The van der Waals surface area contributed by atoms with Gasteiger partial charge in [0, 0.05) is 42.8 Å². The molecule has 3 heterocycles. The van der Waals surface area contributed by atoms with E-state index in [1.54, 1.807) is 12.4 Å². The molecular weight excluding hydrogens is 324 g/mol. The van der Waals surface area contributed by atoms with Crippen molar-refractivity contribution in [1.29, 1.82) is 5.26 Å². The molecule has 2 aliphatic heterocycles. The molecule has 0 bridgehead atoms. The molecule has 0 saturated carbocycles. The Bertz CT molecular complexity index is 807. The predicted octanol–water partition coefficient (Wildman–Crippen LogP) is 3.63. The molecule has 2 atom stereocenters. The van der Waals surface area contributed by atoms with Gasteiger partial charge in [-0.3, -0.25) is 0 Å². The number of likely N-dealkylation sites (tertiary alicyclic amines) is 1. The number of nitriles is 1. The van der Waals surface area contributed by atoms with E-state index >= 15 is 0 Å². The Balaban J connectivity index is 1.91. The van der Waals surface area contributed by atoms with Crippen LogP contribution < -0.4 is 10.6 Å². The molecule has 6 heteroatoms. The largest absolute Gasteiger partial charge is 0.403 e. The van der Waals surface area contributed by atoms with Crippen LogP contribution in [0.5, 0.6) is 0 Å². The molecule has 1 fully saturated rings. The van der Waals surface area contributed by atoms with Crippen LogP contribution in [0.3, 0.4) is 0 Å². The minimum absolute atomic E-state index is 0.244. The molecule has 6 nitrogen and oxygen atoms in total. The van der Waals surface area contributed by atoms with Gasteiger partial charge >= 0.3 is 0 Å². The van der Waals surface area contributed by atoms with Gasteiger partial charge in [0.2, 0.25) is 0 Å². The molecule has 26 heavy (non-hydrogen) atoms. The number of piperidine rings is 1. The smallest absolute Gasteiger partial charge is 0.154 e. The van der Waals surface area contributed by atoms with Crippen LogP contribution in [0.1, 0.15) is 26.7 Å². The second kappa shape index (κ2) is 7.52. The number of hydrogen-bond acceptors (Lipinski definition) is 5. The second-order valence-electron chi connectivity index (χ2n) is 6.82.